The average Bonchev–Trinajstić information content (AvgIpc) is 2.87. The Morgan fingerprint density at radius 1 is 1.14 bits per heavy atom. The SMILES string of the molecule is CC(C)C(=O)NCc1ccc(Cl)c(C2NC(=O)CC(c3ccc(C#Cc4ccccn4)cc3)N2)c1. The third kappa shape index (κ3) is 6.48. The summed E-state index contributed by atoms with van der Waals surface area (Å²) < 4.78 is 0. The zero-order valence-corrected chi connectivity index (χ0v) is 20.4. The first kappa shape index (κ1) is 24.5. The van der Waals surface area contributed by atoms with Gasteiger partial charge in [-0.2, -0.15) is 0 Å². The number of nitrogens with one attached hydrogen (secondary N) is 3. The number of carbonyl (C=O) groups is 2. The molecule has 4 rings (SSSR count). The van der Waals surface area contributed by atoms with Gasteiger partial charge in [0, 0.05) is 47.3 Å². The Morgan fingerprint density at radius 2 is 1.94 bits per heavy atom. The second-order valence-electron chi connectivity index (χ2n) is 8.74. The fourth-order valence-electron chi connectivity index (χ4n) is 3.78. The van der Waals surface area contributed by atoms with Crippen molar-refractivity contribution in [2.75, 3.05) is 0 Å². The molecule has 2 aromatic carbocycles. The van der Waals surface area contributed by atoms with Crippen molar-refractivity contribution in [3.05, 3.63) is 99.8 Å². The highest BCUT2D eigenvalue weighted by Crippen LogP contribution is 2.30. The lowest BCUT2D eigenvalue weighted by molar-refractivity contribution is -0.125. The Labute approximate surface area is 210 Å². The van der Waals surface area contributed by atoms with Crippen LogP contribution in [0.2, 0.25) is 5.02 Å². The van der Waals surface area contributed by atoms with Crippen molar-refractivity contribution in [3.63, 3.8) is 0 Å². The molecule has 2 unspecified atom stereocenters. The summed E-state index contributed by atoms with van der Waals surface area (Å²) in [6, 6.07) is 18.9. The normalized spacial score (nSPS) is 17.3. The van der Waals surface area contributed by atoms with Crippen molar-refractivity contribution in [2.45, 2.75) is 39.0 Å². The van der Waals surface area contributed by atoms with E-state index in [1.165, 1.54) is 0 Å². The van der Waals surface area contributed by atoms with Gasteiger partial charge >= 0.3 is 0 Å². The van der Waals surface area contributed by atoms with E-state index in [1.54, 1.807) is 12.3 Å². The lowest BCUT2D eigenvalue weighted by Crippen LogP contribution is -2.46. The van der Waals surface area contributed by atoms with Crippen LogP contribution in [0.1, 0.15) is 60.4 Å². The highest BCUT2D eigenvalue weighted by molar-refractivity contribution is 6.31. The lowest BCUT2D eigenvalue weighted by atomic mass is 9.97. The van der Waals surface area contributed by atoms with Gasteiger partial charge in [0.15, 0.2) is 0 Å². The van der Waals surface area contributed by atoms with E-state index in [4.69, 9.17) is 11.6 Å². The number of nitrogens with zero attached hydrogens (tertiary/aromatic N) is 1. The minimum absolute atomic E-state index is 0.0150. The van der Waals surface area contributed by atoms with Gasteiger partial charge in [-0.1, -0.05) is 55.6 Å². The smallest absolute Gasteiger partial charge is 0.223 e. The molecule has 2 heterocycles. The third-order valence-electron chi connectivity index (χ3n) is 5.74. The van der Waals surface area contributed by atoms with Crippen LogP contribution >= 0.6 is 11.6 Å². The molecular weight excluding hydrogens is 460 g/mol. The van der Waals surface area contributed by atoms with Gasteiger partial charge in [0.2, 0.25) is 11.8 Å². The molecule has 3 N–H and O–H groups in total. The number of carbonyl (C=O) groups excluding carboxylic acids is 2. The molecule has 1 saturated heterocycles. The maximum atomic E-state index is 12.6. The van der Waals surface area contributed by atoms with Crippen molar-refractivity contribution >= 4 is 23.4 Å². The van der Waals surface area contributed by atoms with Crippen molar-refractivity contribution in [1.29, 1.82) is 0 Å². The van der Waals surface area contributed by atoms with E-state index >= 15 is 0 Å². The minimum atomic E-state index is -0.446. The number of pyridine rings is 1. The molecule has 0 radical (unpaired) electrons. The molecular formula is C28H27ClN4O2. The van der Waals surface area contributed by atoms with Crippen LogP contribution in [0.25, 0.3) is 0 Å². The molecule has 178 valence electrons. The van der Waals surface area contributed by atoms with Gasteiger partial charge in [-0.25, -0.2) is 4.98 Å². The maximum absolute atomic E-state index is 12.6. The first-order valence-electron chi connectivity index (χ1n) is 11.5. The molecule has 35 heavy (non-hydrogen) atoms. The van der Waals surface area contributed by atoms with Crippen LogP contribution in [0.3, 0.4) is 0 Å². The highest BCUT2D eigenvalue weighted by Gasteiger charge is 2.29. The first-order valence-corrected chi connectivity index (χ1v) is 11.9. The fourth-order valence-corrected chi connectivity index (χ4v) is 4.00. The summed E-state index contributed by atoms with van der Waals surface area (Å²) in [6.07, 6.45) is 1.59. The van der Waals surface area contributed by atoms with E-state index in [0.29, 0.717) is 23.7 Å². The number of hydrogen-bond donors (Lipinski definition) is 3. The average molecular weight is 487 g/mol. The van der Waals surface area contributed by atoms with E-state index in [0.717, 1.165) is 22.3 Å². The fraction of sp³-hybridized carbons (Fsp3) is 0.250. The summed E-state index contributed by atoms with van der Waals surface area (Å²) in [7, 11) is 0. The zero-order valence-electron chi connectivity index (χ0n) is 19.6. The van der Waals surface area contributed by atoms with Crippen LogP contribution in [0, 0.1) is 17.8 Å². The van der Waals surface area contributed by atoms with Crippen molar-refractivity contribution in [2.24, 2.45) is 5.92 Å². The second kappa shape index (κ2) is 11.2. The van der Waals surface area contributed by atoms with Gasteiger partial charge in [-0.15, -0.1) is 0 Å². The minimum Gasteiger partial charge on any atom is -0.352 e. The standard InChI is InChI=1S/C28H27ClN4O2/c1-18(2)28(35)31-17-20-9-13-24(29)23(15-20)27-32-25(16-26(34)33-27)21-10-6-19(7-11-21)8-12-22-5-3-4-14-30-22/h3-7,9-11,13-15,18,25,27,32H,16-17H2,1-2H3,(H,31,35)(H,33,34). The van der Waals surface area contributed by atoms with E-state index in [2.05, 4.69) is 32.8 Å². The molecule has 0 bridgehead atoms. The molecule has 0 spiro atoms. The van der Waals surface area contributed by atoms with Gasteiger partial charge in [-0.05, 0) is 53.4 Å². The summed E-state index contributed by atoms with van der Waals surface area (Å²) in [6.45, 7) is 4.10. The van der Waals surface area contributed by atoms with Crippen LogP contribution in [-0.4, -0.2) is 16.8 Å². The van der Waals surface area contributed by atoms with E-state index in [9.17, 15) is 9.59 Å². The van der Waals surface area contributed by atoms with Gasteiger partial charge in [-0.3, -0.25) is 14.9 Å². The van der Waals surface area contributed by atoms with Gasteiger partial charge < -0.3 is 10.6 Å². The van der Waals surface area contributed by atoms with E-state index in [-0.39, 0.29) is 23.8 Å². The maximum Gasteiger partial charge on any atom is 0.223 e. The highest BCUT2D eigenvalue weighted by atomic mass is 35.5. The van der Waals surface area contributed by atoms with Crippen LogP contribution in [-0.2, 0) is 16.1 Å². The topological polar surface area (TPSA) is 83.1 Å². The van der Waals surface area contributed by atoms with Crippen molar-refractivity contribution < 1.29 is 9.59 Å². The van der Waals surface area contributed by atoms with Gasteiger partial charge in [0.05, 0.1) is 0 Å². The first-order chi connectivity index (χ1) is 16.9. The molecule has 3 aromatic rings. The molecule has 1 aliphatic rings. The number of rotatable bonds is 5. The van der Waals surface area contributed by atoms with Gasteiger partial charge in [0.25, 0.3) is 0 Å². The Kier molecular flexibility index (Phi) is 7.81. The van der Waals surface area contributed by atoms with Crippen LogP contribution in [0.15, 0.2) is 66.9 Å². The van der Waals surface area contributed by atoms with Crippen LogP contribution < -0.4 is 16.0 Å². The lowest BCUT2D eigenvalue weighted by Gasteiger charge is -2.33. The largest absolute Gasteiger partial charge is 0.352 e. The zero-order chi connectivity index (χ0) is 24.8. The van der Waals surface area contributed by atoms with Crippen molar-refractivity contribution in [3.8, 4) is 11.8 Å². The molecule has 1 aromatic heterocycles. The van der Waals surface area contributed by atoms with E-state index in [1.807, 2.05) is 68.4 Å². The quantitative estimate of drug-likeness (QED) is 0.471. The van der Waals surface area contributed by atoms with Gasteiger partial charge in [0.1, 0.15) is 11.9 Å². The number of halogens is 1. The van der Waals surface area contributed by atoms with Crippen LogP contribution in [0.4, 0.5) is 0 Å². The molecule has 0 saturated carbocycles. The molecule has 2 amide bonds. The summed E-state index contributed by atoms with van der Waals surface area (Å²) in [5.41, 5.74) is 4.25. The van der Waals surface area contributed by atoms with E-state index < -0.39 is 6.17 Å². The monoisotopic (exact) mass is 486 g/mol. The Bertz CT molecular complexity index is 1260. The Morgan fingerprint density at radius 3 is 2.66 bits per heavy atom. The predicted molar refractivity (Wildman–Crippen MR) is 136 cm³/mol. The molecule has 1 fully saturated rings. The number of hydrogen-bond acceptors (Lipinski definition) is 4. The summed E-state index contributed by atoms with van der Waals surface area (Å²) in [4.78, 5) is 28.7. The molecule has 0 aliphatic carbocycles. The molecule has 7 heteroatoms. The number of benzene rings is 2. The summed E-state index contributed by atoms with van der Waals surface area (Å²) >= 11 is 6.49. The Hall–Kier alpha value is -3.66. The molecule has 6 nitrogen and oxygen atoms in total. The second-order valence-corrected chi connectivity index (χ2v) is 9.15. The molecule has 1 aliphatic heterocycles. The molecule has 2 atom stereocenters. The van der Waals surface area contributed by atoms with Crippen LogP contribution in [0.5, 0.6) is 0 Å². The number of aromatic nitrogens is 1. The summed E-state index contributed by atoms with van der Waals surface area (Å²) in [5.74, 6) is 6.00. The predicted octanol–water partition coefficient (Wildman–Crippen LogP) is 4.26. The third-order valence-corrected chi connectivity index (χ3v) is 6.08. The van der Waals surface area contributed by atoms with Crippen molar-refractivity contribution in [1.82, 2.24) is 20.9 Å². The number of amides is 2. The summed E-state index contributed by atoms with van der Waals surface area (Å²) in [5, 5.41) is 9.93. The Balaban J connectivity index is 1.48.